The number of aromatic amines is 1. The van der Waals surface area contributed by atoms with Crippen molar-refractivity contribution in [1.82, 2.24) is 9.55 Å². The third-order valence-electron chi connectivity index (χ3n) is 9.75. The van der Waals surface area contributed by atoms with E-state index in [1.807, 2.05) is 60.7 Å². The summed E-state index contributed by atoms with van der Waals surface area (Å²) in [7, 11) is -4.11. The Morgan fingerprint density at radius 2 is 1.38 bits per heavy atom. The van der Waals surface area contributed by atoms with Gasteiger partial charge >= 0.3 is 13.5 Å². The Balaban J connectivity index is 1.20. The van der Waals surface area contributed by atoms with Crippen LogP contribution in [0.25, 0.3) is 0 Å². The molecule has 0 amide bonds. The summed E-state index contributed by atoms with van der Waals surface area (Å²) in [6, 6.07) is 20.5. The first-order valence-electron chi connectivity index (χ1n) is 20.9. The van der Waals surface area contributed by atoms with Gasteiger partial charge in [-0.25, -0.2) is 9.36 Å². The molecule has 12 heteroatoms. The van der Waals surface area contributed by atoms with Gasteiger partial charge in [-0.3, -0.25) is 27.9 Å². The molecule has 1 saturated heterocycles. The average molecular weight is 797 g/mol. The Morgan fingerprint density at radius 3 is 2.04 bits per heavy atom. The number of allylic oxidation sites excluding steroid dienone is 2. The van der Waals surface area contributed by atoms with E-state index in [9.17, 15) is 14.2 Å². The van der Waals surface area contributed by atoms with Crippen molar-refractivity contribution in [3.63, 3.8) is 0 Å². The van der Waals surface area contributed by atoms with Gasteiger partial charge in [0.05, 0.1) is 39.1 Å². The number of hydrogen-bond acceptors (Lipinski definition) is 9. The van der Waals surface area contributed by atoms with Gasteiger partial charge in [-0.05, 0) is 56.1 Å². The van der Waals surface area contributed by atoms with E-state index in [2.05, 4.69) is 24.1 Å². The van der Waals surface area contributed by atoms with Crippen molar-refractivity contribution in [3.05, 3.63) is 117 Å². The highest BCUT2D eigenvalue weighted by Crippen LogP contribution is 2.51. The van der Waals surface area contributed by atoms with E-state index < -0.39 is 37.5 Å². The smallest absolute Gasteiger partial charge is 0.379 e. The van der Waals surface area contributed by atoms with Gasteiger partial charge in [0, 0.05) is 18.9 Å². The zero-order valence-electron chi connectivity index (χ0n) is 33.4. The Kier molecular flexibility index (Phi) is 22.4. The molecule has 11 nitrogen and oxygen atoms in total. The van der Waals surface area contributed by atoms with Crippen molar-refractivity contribution in [2.75, 3.05) is 26.4 Å². The monoisotopic (exact) mass is 796 g/mol. The zero-order chi connectivity index (χ0) is 39.5. The predicted octanol–water partition coefficient (Wildman–Crippen LogP) is 10.2. The molecule has 1 fully saturated rings. The Hall–Kier alpha value is -3.15. The third-order valence-corrected chi connectivity index (χ3v) is 11.1. The number of benzene rings is 2. The van der Waals surface area contributed by atoms with Crippen LogP contribution in [0.3, 0.4) is 0 Å². The van der Waals surface area contributed by atoms with Crippen LogP contribution in [0, 0.1) is 0 Å². The molecule has 0 aliphatic carbocycles. The maximum absolute atomic E-state index is 14.1. The number of rotatable bonds is 31. The standard InChI is InChI=1S/C44H65N2O9P/c1-2-3-4-5-6-7-8-9-10-11-12-13-14-15-16-23-32-50-35-41(51-33-38-24-19-17-20-25-38)37-54-56(49,52-34-39-26-21-18-22-27-39)53-36-40-28-29-43(55-40)46-31-30-42(47)45-44(46)48/h9-10,17-22,24-27,30-31,40-41,43H,2-8,11-16,23,28-29,32-37H2,1H3,(H,45,47,48)/b10-9+. The summed E-state index contributed by atoms with van der Waals surface area (Å²) in [4.78, 5) is 26.0. The highest BCUT2D eigenvalue weighted by molar-refractivity contribution is 7.48. The maximum atomic E-state index is 14.1. The highest BCUT2D eigenvalue weighted by Gasteiger charge is 2.34. The summed E-state index contributed by atoms with van der Waals surface area (Å²) >= 11 is 0. The van der Waals surface area contributed by atoms with Crippen molar-refractivity contribution in [1.29, 1.82) is 0 Å². The van der Waals surface area contributed by atoms with E-state index in [4.69, 9.17) is 27.8 Å². The van der Waals surface area contributed by atoms with Crippen LogP contribution in [-0.2, 0) is 45.6 Å². The predicted molar refractivity (Wildman–Crippen MR) is 220 cm³/mol. The number of unbranched alkanes of at least 4 members (excludes halogenated alkanes) is 12. The molecule has 1 aromatic heterocycles. The molecule has 1 aliphatic rings. The summed E-state index contributed by atoms with van der Waals surface area (Å²) in [5, 5.41) is 0. The fraction of sp³-hybridized carbons (Fsp3) is 0.591. The minimum atomic E-state index is -4.11. The van der Waals surface area contributed by atoms with E-state index in [1.165, 1.54) is 93.9 Å². The Morgan fingerprint density at radius 1 is 0.750 bits per heavy atom. The van der Waals surface area contributed by atoms with Crippen molar-refractivity contribution < 1.29 is 32.3 Å². The lowest BCUT2D eigenvalue weighted by molar-refractivity contribution is -0.0575. The second kappa shape index (κ2) is 27.5. The number of nitrogens with one attached hydrogen (secondary N) is 1. The fourth-order valence-electron chi connectivity index (χ4n) is 6.46. The molecule has 0 spiro atoms. The number of phosphoric ester groups is 1. The highest BCUT2D eigenvalue weighted by atomic mass is 31.2. The lowest BCUT2D eigenvalue weighted by Crippen LogP contribution is -2.31. The molecule has 0 saturated carbocycles. The van der Waals surface area contributed by atoms with Gasteiger partial charge in [-0.15, -0.1) is 0 Å². The molecule has 2 heterocycles. The molecule has 4 rings (SSSR count). The lowest BCUT2D eigenvalue weighted by Gasteiger charge is -2.23. The van der Waals surface area contributed by atoms with Crippen LogP contribution in [0.5, 0.6) is 0 Å². The van der Waals surface area contributed by atoms with Gasteiger partial charge in [-0.2, -0.15) is 0 Å². The minimum Gasteiger partial charge on any atom is -0.379 e. The van der Waals surface area contributed by atoms with Crippen molar-refractivity contribution in [2.45, 2.75) is 141 Å². The molecule has 56 heavy (non-hydrogen) atoms. The molecule has 1 N–H and O–H groups in total. The summed E-state index contributed by atoms with van der Waals surface area (Å²) in [5.41, 5.74) is 0.777. The van der Waals surface area contributed by atoms with E-state index in [0.29, 0.717) is 26.1 Å². The van der Waals surface area contributed by atoms with Crippen LogP contribution in [-0.4, -0.2) is 48.2 Å². The van der Waals surface area contributed by atoms with Crippen molar-refractivity contribution >= 4 is 7.82 Å². The summed E-state index contributed by atoms with van der Waals surface area (Å²) in [6.45, 7) is 3.32. The Bertz CT molecular complexity index is 1650. The average Bonchev–Trinajstić information content (AvgIpc) is 3.69. The van der Waals surface area contributed by atoms with Gasteiger partial charge in [-0.1, -0.05) is 138 Å². The first-order valence-corrected chi connectivity index (χ1v) is 22.3. The Labute approximate surface area is 333 Å². The second-order valence-electron chi connectivity index (χ2n) is 14.5. The number of hydrogen-bond donors (Lipinski definition) is 1. The normalized spacial score (nSPS) is 17.4. The van der Waals surface area contributed by atoms with Crippen LogP contribution in [0.1, 0.15) is 127 Å². The third kappa shape index (κ3) is 18.9. The molecule has 310 valence electrons. The zero-order valence-corrected chi connectivity index (χ0v) is 34.3. The summed E-state index contributed by atoms with van der Waals surface area (Å²) < 4.78 is 51.3. The van der Waals surface area contributed by atoms with Gasteiger partial charge in [0.25, 0.3) is 5.56 Å². The van der Waals surface area contributed by atoms with Crippen molar-refractivity contribution in [2.24, 2.45) is 0 Å². The van der Waals surface area contributed by atoms with Crippen LogP contribution in [0.15, 0.2) is 94.7 Å². The first kappa shape index (κ1) is 45.6. The molecule has 4 atom stereocenters. The quantitative estimate of drug-likeness (QED) is 0.0384. The van der Waals surface area contributed by atoms with Gasteiger partial charge in [0.15, 0.2) is 0 Å². The topological polar surface area (TPSA) is 127 Å². The molecular formula is C44H65N2O9P. The van der Waals surface area contributed by atoms with Crippen LogP contribution < -0.4 is 11.2 Å². The van der Waals surface area contributed by atoms with Crippen molar-refractivity contribution in [3.8, 4) is 0 Å². The number of H-pyrrole nitrogens is 1. The molecule has 0 radical (unpaired) electrons. The van der Waals surface area contributed by atoms with Gasteiger partial charge in [0.2, 0.25) is 0 Å². The first-order chi connectivity index (χ1) is 27.4. The maximum Gasteiger partial charge on any atom is 0.475 e. The van der Waals surface area contributed by atoms with Crippen LogP contribution >= 0.6 is 7.82 Å². The van der Waals surface area contributed by atoms with E-state index in [0.717, 1.165) is 24.0 Å². The van der Waals surface area contributed by atoms with Crippen LogP contribution in [0.2, 0.25) is 0 Å². The number of phosphoric acid groups is 1. The largest absolute Gasteiger partial charge is 0.475 e. The summed E-state index contributed by atoms with van der Waals surface area (Å²) in [6.07, 6.45) is 23.1. The molecular weight excluding hydrogens is 731 g/mol. The van der Waals surface area contributed by atoms with Crippen LogP contribution in [0.4, 0.5) is 0 Å². The molecule has 3 aromatic rings. The number of aromatic nitrogens is 2. The SMILES string of the molecule is CCCCCCCC/C=C/CCCCCCCCOCC(COP(=O)(OCc1ccccc1)OCC1CCC(n2ccc(=O)[nH]c2=O)O1)OCc1ccccc1. The molecule has 1 aliphatic heterocycles. The molecule has 2 aromatic carbocycles. The van der Waals surface area contributed by atoms with E-state index >= 15 is 0 Å². The van der Waals surface area contributed by atoms with E-state index in [-0.39, 0.29) is 26.4 Å². The minimum absolute atomic E-state index is 0.0149. The second-order valence-corrected chi connectivity index (χ2v) is 16.2. The fourth-order valence-corrected chi connectivity index (χ4v) is 7.68. The number of ether oxygens (including phenoxy) is 3. The molecule has 4 unspecified atom stereocenters. The van der Waals surface area contributed by atoms with Gasteiger partial charge in [0.1, 0.15) is 12.3 Å². The number of nitrogens with zero attached hydrogens (tertiary/aromatic N) is 1. The lowest BCUT2D eigenvalue weighted by atomic mass is 10.1. The summed E-state index contributed by atoms with van der Waals surface area (Å²) in [5.74, 6) is 0. The molecule has 0 bridgehead atoms. The van der Waals surface area contributed by atoms with E-state index in [1.54, 1.807) is 0 Å². The van der Waals surface area contributed by atoms with Gasteiger partial charge < -0.3 is 14.2 Å².